The maximum Gasteiger partial charge on any atom is 0.170 e. The van der Waals surface area contributed by atoms with Crippen molar-refractivity contribution >= 4 is 45.2 Å². The summed E-state index contributed by atoms with van der Waals surface area (Å²) in [5.41, 5.74) is 5.24. The molecule has 2 atom stereocenters. The molecule has 4 N–H and O–H groups in total. The van der Waals surface area contributed by atoms with Crippen LogP contribution < -0.4 is 11.1 Å². The maximum absolute atomic E-state index is 9.25. The predicted molar refractivity (Wildman–Crippen MR) is 68.6 cm³/mol. The predicted octanol–water partition coefficient (Wildman–Crippen LogP) is 0.0267. The van der Waals surface area contributed by atoms with E-state index >= 15 is 0 Å². The highest BCUT2D eigenvalue weighted by Crippen LogP contribution is 2.01. The van der Waals surface area contributed by atoms with Gasteiger partial charge in [0.15, 0.2) is 4.11 Å². The smallest absolute Gasteiger partial charge is 0.170 e. The number of nitrogens with one attached hydrogen (secondary N) is 1. The summed E-state index contributed by atoms with van der Waals surface area (Å²) in [7, 11) is 0. The minimum absolute atomic E-state index is 0.177. The number of hydrogen-bond donors (Lipinski definition) is 3. The molecule has 0 saturated heterocycles. The number of aliphatic hydroxyl groups is 1. The van der Waals surface area contributed by atoms with Crippen molar-refractivity contribution in [1.82, 2.24) is 5.32 Å². The Balaban J connectivity index is 3.43. The second-order valence-electron chi connectivity index (χ2n) is 2.15. The largest absolute Gasteiger partial charge is 0.376 e. The van der Waals surface area contributed by atoms with Crippen LogP contribution in [0.5, 0.6) is 0 Å². The highest BCUT2D eigenvalue weighted by Gasteiger charge is 2.05. The Labute approximate surface area is 105 Å². The monoisotopic (exact) mass is 410 g/mol. The average Bonchev–Trinajstić information content (AvgIpc) is 2.12. The molecule has 0 spiro atoms. The van der Waals surface area contributed by atoms with Crippen molar-refractivity contribution in [3.63, 3.8) is 0 Å². The van der Waals surface area contributed by atoms with Crippen molar-refractivity contribution in [2.75, 3.05) is 19.7 Å². The van der Waals surface area contributed by atoms with Crippen LogP contribution in [0.15, 0.2) is 0 Å². The maximum atomic E-state index is 9.25. The first-order valence-electron chi connectivity index (χ1n) is 3.69. The Morgan fingerprint density at radius 3 is 2.85 bits per heavy atom. The third-order valence-corrected chi connectivity index (χ3v) is 2.08. The molecule has 0 fully saturated rings. The molecule has 0 rings (SSSR count). The Morgan fingerprint density at radius 2 is 2.31 bits per heavy atom. The fraction of sp³-hybridized carbons (Fsp3) is 0.714. The molecule has 0 aliphatic rings. The van der Waals surface area contributed by atoms with Gasteiger partial charge in [0.05, 0.1) is 6.61 Å². The number of nitrogens with two attached hydrogens (primary N) is 1. The fourth-order valence-corrected chi connectivity index (χ4v) is 1.81. The summed E-state index contributed by atoms with van der Waals surface area (Å²) in [6.07, 6.45) is -0.670. The lowest BCUT2D eigenvalue weighted by Crippen LogP contribution is -2.37. The van der Waals surface area contributed by atoms with Crippen LogP contribution in [-0.2, 0) is 4.74 Å². The van der Waals surface area contributed by atoms with E-state index in [1.165, 1.54) is 0 Å². The van der Waals surface area contributed by atoms with Gasteiger partial charge in [0.2, 0.25) is 0 Å². The summed E-state index contributed by atoms with van der Waals surface area (Å²) in [5, 5.41) is 12.0. The van der Waals surface area contributed by atoms with E-state index < -0.39 is 6.23 Å². The van der Waals surface area contributed by atoms with E-state index in [-0.39, 0.29) is 10.7 Å². The van der Waals surface area contributed by atoms with Crippen molar-refractivity contribution in [3.05, 3.63) is 0 Å². The molecule has 0 amide bonds. The van der Waals surface area contributed by atoms with Gasteiger partial charge < -0.3 is 15.6 Å². The molecule has 0 aliphatic carbocycles. The van der Waals surface area contributed by atoms with Crippen LogP contribution in [-0.4, -0.2) is 35.1 Å². The fourth-order valence-electron chi connectivity index (χ4n) is 0.569. The van der Waals surface area contributed by atoms with Crippen LogP contribution in [0.1, 0.15) is 0 Å². The Morgan fingerprint density at radius 1 is 1.62 bits per heavy atom. The molecule has 0 heterocycles. The van der Waals surface area contributed by atoms with Crippen LogP contribution in [0.25, 0.3) is 0 Å². The van der Waals surface area contributed by atoms with E-state index in [2.05, 4.69) is 15.2 Å². The summed E-state index contributed by atoms with van der Waals surface area (Å²) in [4.78, 5) is 0. The normalized spacial score (nSPS) is 14.5. The molecule has 0 aromatic rings. The standard InChI is InChI=1S/C7H12I2N2O2/c8-2-1-6(9)13-5-7(12)11-4-3-10/h6-7,11-12H,3-5,10H2/t6-,7-/m0/s1. The second-order valence-corrected chi connectivity index (χ2v) is 3.82. The van der Waals surface area contributed by atoms with Gasteiger partial charge in [-0.2, -0.15) is 0 Å². The van der Waals surface area contributed by atoms with Crippen molar-refractivity contribution in [2.24, 2.45) is 5.73 Å². The quantitative estimate of drug-likeness (QED) is 0.250. The second kappa shape index (κ2) is 9.42. The van der Waals surface area contributed by atoms with Gasteiger partial charge in [0, 0.05) is 35.7 Å². The third-order valence-electron chi connectivity index (χ3n) is 1.09. The zero-order valence-electron chi connectivity index (χ0n) is 6.96. The van der Waals surface area contributed by atoms with Crippen LogP contribution >= 0.6 is 45.2 Å². The van der Waals surface area contributed by atoms with Gasteiger partial charge in [-0.1, -0.05) is 0 Å². The molecule has 4 nitrogen and oxygen atoms in total. The average molecular weight is 410 g/mol. The summed E-state index contributed by atoms with van der Waals surface area (Å²) < 4.78 is 7.72. The number of hydrogen-bond acceptors (Lipinski definition) is 4. The molecule has 0 aromatic carbocycles. The molecular formula is C7H12I2N2O2. The number of halogens is 2. The lowest BCUT2D eigenvalue weighted by atomic mass is 10.5. The van der Waals surface area contributed by atoms with E-state index in [0.717, 1.165) is 0 Å². The van der Waals surface area contributed by atoms with Gasteiger partial charge in [0.1, 0.15) is 6.23 Å². The Bertz CT molecular complexity index is 181. The van der Waals surface area contributed by atoms with Crippen LogP contribution in [0.3, 0.4) is 0 Å². The van der Waals surface area contributed by atoms with E-state index in [1.807, 2.05) is 45.2 Å². The summed E-state index contributed by atoms with van der Waals surface area (Å²) in [5.74, 6) is 2.79. The molecule has 76 valence electrons. The van der Waals surface area contributed by atoms with E-state index in [1.54, 1.807) is 0 Å². The highest BCUT2D eigenvalue weighted by atomic mass is 127. The van der Waals surface area contributed by atoms with Crippen molar-refractivity contribution in [1.29, 1.82) is 0 Å². The lowest BCUT2D eigenvalue weighted by molar-refractivity contribution is 0.0271. The van der Waals surface area contributed by atoms with Crippen LogP contribution in [0.2, 0.25) is 0 Å². The van der Waals surface area contributed by atoms with Crippen molar-refractivity contribution in [3.8, 4) is 9.85 Å². The molecule has 0 aliphatic heterocycles. The van der Waals surface area contributed by atoms with Gasteiger partial charge >= 0.3 is 0 Å². The number of rotatable bonds is 6. The first kappa shape index (κ1) is 13.9. The lowest BCUT2D eigenvalue weighted by Gasteiger charge is -2.12. The number of alkyl halides is 1. The third kappa shape index (κ3) is 9.17. The zero-order chi connectivity index (χ0) is 10.1. The number of aliphatic hydroxyl groups excluding tert-OH is 1. The Kier molecular flexibility index (Phi) is 10.0. The number of ether oxygens (including phenoxy) is 1. The first-order chi connectivity index (χ1) is 6.20. The molecule has 0 saturated carbocycles. The summed E-state index contributed by atoms with van der Waals surface area (Å²) in [6, 6.07) is 0. The van der Waals surface area contributed by atoms with Gasteiger partial charge in [-0.15, -0.1) is 0 Å². The van der Waals surface area contributed by atoms with E-state index in [4.69, 9.17) is 10.5 Å². The molecule has 0 unspecified atom stereocenters. The topological polar surface area (TPSA) is 67.5 Å². The van der Waals surface area contributed by atoms with Crippen LogP contribution in [0, 0.1) is 9.85 Å². The summed E-state index contributed by atoms with van der Waals surface area (Å²) >= 11 is 3.99. The minimum atomic E-state index is -0.670. The van der Waals surface area contributed by atoms with Crippen molar-refractivity contribution < 1.29 is 9.84 Å². The molecular weight excluding hydrogens is 398 g/mol. The van der Waals surface area contributed by atoms with E-state index in [0.29, 0.717) is 13.1 Å². The van der Waals surface area contributed by atoms with Gasteiger partial charge in [-0.3, -0.25) is 5.32 Å². The van der Waals surface area contributed by atoms with Gasteiger partial charge in [-0.25, -0.2) is 0 Å². The molecule has 13 heavy (non-hydrogen) atoms. The first-order valence-corrected chi connectivity index (χ1v) is 6.01. The zero-order valence-corrected chi connectivity index (χ0v) is 11.3. The molecule has 6 heteroatoms. The van der Waals surface area contributed by atoms with Crippen molar-refractivity contribution in [2.45, 2.75) is 10.3 Å². The SMILES string of the molecule is NCCN[C@@H](O)CO[C@H](I)C#CI. The molecule has 0 radical (unpaired) electrons. The van der Waals surface area contributed by atoms with Gasteiger partial charge in [-0.05, 0) is 32.4 Å². The molecule has 0 aromatic heterocycles. The van der Waals surface area contributed by atoms with Crippen LogP contribution in [0.4, 0.5) is 0 Å². The molecule has 0 bridgehead atoms. The highest BCUT2D eigenvalue weighted by molar-refractivity contribution is 14.1. The van der Waals surface area contributed by atoms with E-state index in [9.17, 15) is 5.11 Å². The minimum Gasteiger partial charge on any atom is -0.376 e. The Hall–Kier alpha value is 0.860. The van der Waals surface area contributed by atoms with Gasteiger partial charge in [0.25, 0.3) is 0 Å². The summed E-state index contributed by atoms with van der Waals surface area (Å²) in [6.45, 7) is 1.30.